The summed E-state index contributed by atoms with van der Waals surface area (Å²) in [6, 6.07) is 0. The summed E-state index contributed by atoms with van der Waals surface area (Å²) in [6.45, 7) is 0. The van der Waals surface area contributed by atoms with Crippen LogP contribution < -0.4 is 0 Å². The van der Waals surface area contributed by atoms with E-state index in [2.05, 4.69) is 22.2 Å². The largest absolute Gasteiger partial charge is 0.220 e. The molecule has 7 heavy (non-hydrogen) atoms. The Morgan fingerprint density at radius 1 is 1.43 bits per heavy atom. The van der Waals surface area contributed by atoms with Crippen molar-refractivity contribution in [2.24, 2.45) is 0 Å². The van der Waals surface area contributed by atoms with Crippen LogP contribution in [0.15, 0.2) is 11.0 Å². The van der Waals surface area contributed by atoms with E-state index in [0.29, 0.717) is 4.77 Å². The van der Waals surface area contributed by atoms with E-state index in [0.717, 1.165) is 0 Å². The van der Waals surface area contributed by atoms with Gasteiger partial charge in [0.1, 0.15) is 0 Å². The Morgan fingerprint density at radius 3 is 2.29 bits per heavy atom. The van der Waals surface area contributed by atoms with Crippen molar-refractivity contribution in [1.29, 1.82) is 0 Å². The van der Waals surface area contributed by atoms with E-state index in [-0.39, 0.29) is 0 Å². The molecule has 0 saturated carbocycles. The Labute approximate surface area is 49.9 Å². The van der Waals surface area contributed by atoms with Crippen LogP contribution in [0.3, 0.4) is 0 Å². The average Bonchev–Trinajstić information content (AvgIpc) is 1.69. The zero-order valence-corrected chi connectivity index (χ0v) is 5.00. The summed E-state index contributed by atoms with van der Waals surface area (Å²) >= 11 is 6.02. The first kappa shape index (κ1) is 4.80. The number of rotatable bonds is 0. The lowest BCUT2D eigenvalue weighted by Gasteiger charge is -1.72. The van der Waals surface area contributed by atoms with Crippen LogP contribution >= 0.6 is 23.6 Å². The van der Waals surface area contributed by atoms with Crippen LogP contribution in [0.2, 0.25) is 0 Å². The van der Waals surface area contributed by atoms with Crippen LogP contribution in [0, 0.1) is 4.77 Å². The fourth-order valence-electron chi connectivity index (χ4n) is 0.212. The lowest BCUT2D eigenvalue weighted by molar-refractivity contribution is 1.18. The van der Waals surface area contributed by atoms with Crippen molar-refractivity contribution in [3.05, 3.63) is 15.8 Å². The standard InChI is InChI=1S/C3H2N2S2/c6-3-4-1-7-2-5-3/h1-2H. The molecule has 0 N–H and O–H groups in total. The second-order valence-corrected chi connectivity index (χ2v) is 1.95. The maximum absolute atomic E-state index is 4.60. The second-order valence-electron chi connectivity index (χ2n) is 0.888. The molecule has 0 saturated heterocycles. The number of hydrogen-bond donors (Lipinski definition) is 0. The van der Waals surface area contributed by atoms with Gasteiger partial charge in [0.2, 0.25) is 4.77 Å². The Morgan fingerprint density at radius 2 is 2.00 bits per heavy atom. The average molecular weight is 130 g/mol. The van der Waals surface area contributed by atoms with Gasteiger partial charge in [0.25, 0.3) is 0 Å². The maximum atomic E-state index is 4.60. The van der Waals surface area contributed by atoms with Crippen LogP contribution in [0.1, 0.15) is 0 Å². The molecule has 0 radical (unpaired) electrons. The van der Waals surface area contributed by atoms with Gasteiger partial charge in [0.15, 0.2) is 0 Å². The fraction of sp³-hybridized carbons (Fsp3) is 0. The van der Waals surface area contributed by atoms with Gasteiger partial charge in [-0.15, -0.1) is 11.3 Å². The summed E-state index contributed by atoms with van der Waals surface area (Å²) < 4.78 is 0.416. The molecule has 0 bridgehead atoms. The quantitative estimate of drug-likeness (QED) is 0.494. The fourth-order valence-corrected chi connectivity index (χ4v) is 0.826. The number of nitrogens with zero attached hydrogens (tertiary/aromatic N) is 2. The highest BCUT2D eigenvalue weighted by atomic mass is 32.1. The summed E-state index contributed by atoms with van der Waals surface area (Å²) in [7, 11) is 0. The third kappa shape index (κ3) is 1.29. The predicted octanol–water partition coefficient (Wildman–Crippen LogP) is 1.27. The summed E-state index contributed by atoms with van der Waals surface area (Å²) in [5.74, 6) is 0. The van der Waals surface area contributed by atoms with Gasteiger partial charge >= 0.3 is 0 Å². The molecule has 0 aliphatic rings. The molecule has 1 aromatic heterocycles. The van der Waals surface area contributed by atoms with Gasteiger partial charge in [-0.3, -0.25) is 0 Å². The highest BCUT2D eigenvalue weighted by molar-refractivity contribution is 7.71. The summed E-state index contributed by atoms with van der Waals surface area (Å²) in [5.41, 5.74) is 3.32. The van der Waals surface area contributed by atoms with Gasteiger partial charge < -0.3 is 0 Å². The van der Waals surface area contributed by atoms with E-state index in [9.17, 15) is 0 Å². The first-order valence-electron chi connectivity index (χ1n) is 1.64. The number of aromatic nitrogens is 2. The monoisotopic (exact) mass is 130 g/mol. The van der Waals surface area contributed by atoms with Crippen LogP contribution in [-0.4, -0.2) is 9.97 Å². The first-order chi connectivity index (χ1) is 3.39. The van der Waals surface area contributed by atoms with E-state index in [1.54, 1.807) is 11.0 Å². The highest BCUT2D eigenvalue weighted by Crippen LogP contribution is 1.84. The molecule has 0 atom stereocenters. The molecule has 2 nitrogen and oxygen atoms in total. The lowest BCUT2D eigenvalue weighted by atomic mass is 11.2. The van der Waals surface area contributed by atoms with Gasteiger partial charge in [0.05, 0.1) is 11.0 Å². The molecule has 36 valence electrons. The highest BCUT2D eigenvalue weighted by Gasteiger charge is 1.69. The van der Waals surface area contributed by atoms with E-state index < -0.39 is 0 Å². The van der Waals surface area contributed by atoms with E-state index in [1.165, 1.54) is 11.3 Å². The first-order valence-corrected chi connectivity index (χ1v) is 2.99. The van der Waals surface area contributed by atoms with Crippen molar-refractivity contribution in [3.63, 3.8) is 0 Å². The molecular formula is C3H2N2S2. The SMILES string of the molecule is S=c1ncscn1. The third-order valence-corrected chi connectivity index (χ3v) is 1.11. The van der Waals surface area contributed by atoms with Gasteiger partial charge in [0, 0.05) is 0 Å². The lowest BCUT2D eigenvalue weighted by Crippen LogP contribution is -1.70. The van der Waals surface area contributed by atoms with Crippen molar-refractivity contribution in [1.82, 2.24) is 9.97 Å². The van der Waals surface area contributed by atoms with Crippen LogP contribution in [0.5, 0.6) is 0 Å². The minimum atomic E-state index is 0.416. The number of hydrogen-bond acceptors (Lipinski definition) is 4. The minimum Gasteiger partial charge on any atom is -0.216 e. The zero-order valence-electron chi connectivity index (χ0n) is 3.37. The van der Waals surface area contributed by atoms with Crippen LogP contribution in [0.25, 0.3) is 0 Å². The molecular weight excluding hydrogens is 128 g/mol. The van der Waals surface area contributed by atoms with Gasteiger partial charge in [-0.2, -0.15) is 0 Å². The topological polar surface area (TPSA) is 25.8 Å². The van der Waals surface area contributed by atoms with Gasteiger partial charge in [-0.05, 0) is 12.2 Å². The third-order valence-electron chi connectivity index (χ3n) is 0.448. The Kier molecular flexibility index (Phi) is 1.43. The Bertz CT molecular complexity index is 177. The summed E-state index contributed by atoms with van der Waals surface area (Å²) in [5, 5.41) is 0. The maximum Gasteiger partial charge on any atom is 0.220 e. The van der Waals surface area contributed by atoms with E-state index >= 15 is 0 Å². The molecule has 1 heterocycles. The molecule has 0 spiro atoms. The van der Waals surface area contributed by atoms with Crippen molar-refractivity contribution >= 4 is 23.6 Å². The van der Waals surface area contributed by atoms with Crippen molar-refractivity contribution in [2.75, 3.05) is 0 Å². The van der Waals surface area contributed by atoms with Gasteiger partial charge in [-0.1, -0.05) is 0 Å². The van der Waals surface area contributed by atoms with E-state index in [1.807, 2.05) is 0 Å². The normalized spacial score (nSPS) is 8.57. The molecule has 0 aliphatic heterocycles. The summed E-state index contributed by atoms with van der Waals surface area (Å²) in [4.78, 5) is 7.40. The Balaban J connectivity index is 3.28. The van der Waals surface area contributed by atoms with Crippen LogP contribution in [-0.2, 0) is 0 Å². The molecule has 0 unspecified atom stereocenters. The molecule has 1 rings (SSSR count). The zero-order chi connectivity index (χ0) is 5.11. The molecule has 0 amide bonds. The predicted molar refractivity (Wildman–Crippen MR) is 30.7 cm³/mol. The molecule has 0 aliphatic carbocycles. The molecule has 0 fully saturated rings. The van der Waals surface area contributed by atoms with Gasteiger partial charge in [-0.25, -0.2) is 9.97 Å². The Hall–Kier alpha value is -0.350. The van der Waals surface area contributed by atoms with E-state index in [4.69, 9.17) is 0 Å². The van der Waals surface area contributed by atoms with Crippen molar-refractivity contribution in [2.45, 2.75) is 0 Å². The minimum absolute atomic E-state index is 0.416. The smallest absolute Gasteiger partial charge is 0.216 e. The van der Waals surface area contributed by atoms with Crippen molar-refractivity contribution < 1.29 is 0 Å². The van der Waals surface area contributed by atoms with Crippen molar-refractivity contribution in [3.8, 4) is 0 Å². The molecule has 4 heteroatoms. The molecule has 1 aromatic rings. The molecule has 0 aromatic carbocycles. The summed E-state index contributed by atoms with van der Waals surface area (Å²) in [6.07, 6.45) is 0. The van der Waals surface area contributed by atoms with Crippen LogP contribution in [0.4, 0.5) is 0 Å². The second kappa shape index (κ2) is 2.09.